The lowest BCUT2D eigenvalue weighted by atomic mass is 10.1. The van der Waals surface area contributed by atoms with Crippen molar-refractivity contribution in [2.45, 2.75) is 19.9 Å². The number of anilines is 1. The number of rotatable bonds is 3. The fourth-order valence-corrected chi connectivity index (χ4v) is 2.31. The van der Waals surface area contributed by atoms with Gasteiger partial charge in [0.15, 0.2) is 5.65 Å². The van der Waals surface area contributed by atoms with Crippen molar-refractivity contribution < 1.29 is 4.74 Å². The summed E-state index contributed by atoms with van der Waals surface area (Å²) in [7, 11) is 1.64. The topological polar surface area (TPSA) is 78.8 Å². The van der Waals surface area contributed by atoms with Crippen molar-refractivity contribution >= 4 is 29.3 Å². The minimum Gasteiger partial charge on any atom is -0.497 e. The Bertz CT molecular complexity index is 782. The van der Waals surface area contributed by atoms with E-state index < -0.39 is 0 Å². The monoisotopic (exact) mass is 319 g/mol. The zero-order valence-electron chi connectivity index (χ0n) is 12.6. The highest BCUT2D eigenvalue weighted by Gasteiger charge is 2.18. The summed E-state index contributed by atoms with van der Waals surface area (Å²) in [6.07, 6.45) is 1.47. The molecule has 7 heteroatoms. The summed E-state index contributed by atoms with van der Waals surface area (Å²) >= 11 is 0. The summed E-state index contributed by atoms with van der Waals surface area (Å²) in [6.45, 7) is 4.12. The number of aromatic nitrogens is 4. The molecule has 1 aromatic carbocycles. The lowest BCUT2D eigenvalue weighted by Gasteiger charge is -2.05. The van der Waals surface area contributed by atoms with Crippen molar-refractivity contribution in [2.24, 2.45) is 0 Å². The summed E-state index contributed by atoms with van der Waals surface area (Å²) in [5, 5.41) is 5.46. The van der Waals surface area contributed by atoms with Gasteiger partial charge >= 0.3 is 0 Å². The number of nitrogens with two attached hydrogens (primary N) is 1. The van der Waals surface area contributed by atoms with Crippen LogP contribution in [0.3, 0.4) is 0 Å². The maximum Gasteiger partial charge on any atom is 0.164 e. The lowest BCUT2D eigenvalue weighted by Crippen LogP contribution is -2.04. The fraction of sp³-hybridized carbons (Fsp3) is 0.267. The van der Waals surface area contributed by atoms with Gasteiger partial charge in [-0.1, -0.05) is 0 Å². The third-order valence-corrected chi connectivity index (χ3v) is 3.37. The molecule has 0 atom stereocenters. The van der Waals surface area contributed by atoms with Crippen LogP contribution in [0.2, 0.25) is 0 Å². The Morgan fingerprint density at radius 1 is 1.14 bits per heavy atom. The predicted octanol–water partition coefficient (Wildman–Crippen LogP) is 3.09. The number of fused-ring (bicyclic) bond motifs is 1. The van der Waals surface area contributed by atoms with Crippen molar-refractivity contribution in [3.63, 3.8) is 0 Å². The van der Waals surface area contributed by atoms with Gasteiger partial charge in [-0.05, 0) is 38.1 Å². The summed E-state index contributed by atoms with van der Waals surface area (Å²) in [6, 6.07) is 7.90. The molecule has 2 heterocycles. The Morgan fingerprint density at radius 2 is 1.82 bits per heavy atom. The molecule has 22 heavy (non-hydrogen) atoms. The zero-order chi connectivity index (χ0) is 15.0. The summed E-state index contributed by atoms with van der Waals surface area (Å²) in [5.41, 5.74) is 8.54. The minimum atomic E-state index is 0. The van der Waals surface area contributed by atoms with E-state index in [0.717, 1.165) is 28.0 Å². The van der Waals surface area contributed by atoms with E-state index >= 15 is 0 Å². The molecule has 0 saturated heterocycles. The second kappa shape index (κ2) is 6.19. The molecule has 0 amide bonds. The maximum absolute atomic E-state index is 6.03. The van der Waals surface area contributed by atoms with Crippen molar-refractivity contribution in [1.29, 1.82) is 0 Å². The molecule has 0 aliphatic heterocycles. The van der Waals surface area contributed by atoms with Gasteiger partial charge in [0.05, 0.1) is 12.5 Å². The van der Waals surface area contributed by atoms with Crippen molar-refractivity contribution in [2.75, 3.05) is 12.8 Å². The van der Waals surface area contributed by atoms with Gasteiger partial charge in [-0.15, -0.1) is 12.4 Å². The normalized spacial score (nSPS) is 10.7. The highest BCUT2D eigenvalue weighted by Crippen LogP contribution is 2.32. The van der Waals surface area contributed by atoms with E-state index in [4.69, 9.17) is 10.5 Å². The van der Waals surface area contributed by atoms with E-state index in [0.29, 0.717) is 5.82 Å². The van der Waals surface area contributed by atoms with Crippen molar-refractivity contribution in [1.82, 2.24) is 19.7 Å². The molecule has 0 fully saturated rings. The number of nitrogens with zero attached hydrogens (tertiary/aromatic N) is 4. The van der Waals surface area contributed by atoms with Gasteiger partial charge in [-0.3, -0.25) is 0 Å². The van der Waals surface area contributed by atoms with Crippen LogP contribution in [0, 0.1) is 0 Å². The predicted molar refractivity (Wildman–Crippen MR) is 89.4 cm³/mol. The number of hydrogen-bond donors (Lipinski definition) is 1. The van der Waals surface area contributed by atoms with E-state index in [1.54, 1.807) is 7.11 Å². The Labute approximate surface area is 134 Å². The number of nitrogen functional groups attached to an aromatic ring is 1. The first-order valence-electron chi connectivity index (χ1n) is 6.75. The van der Waals surface area contributed by atoms with E-state index in [-0.39, 0.29) is 18.4 Å². The standard InChI is InChI=1S/C15H17N5O.ClH/c1-9(2)20-15-12(14(16)17-8-18-15)13(19-20)10-4-6-11(21-3)7-5-10;/h4-9H,1-3H3,(H2,16,17,18);1H. The second-order valence-electron chi connectivity index (χ2n) is 5.07. The van der Waals surface area contributed by atoms with Gasteiger partial charge in [0.1, 0.15) is 23.6 Å². The first kappa shape index (κ1) is 16.0. The van der Waals surface area contributed by atoms with E-state index in [1.165, 1.54) is 6.33 Å². The molecule has 0 spiro atoms. The van der Waals surface area contributed by atoms with Gasteiger partial charge in [0, 0.05) is 11.6 Å². The summed E-state index contributed by atoms with van der Waals surface area (Å²) in [4.78, 5) is 8.42. The average Bonchev–Trinajstić information content (AvgIpc) is 2.88. The maximum atomic E-state index is 6.03. The molecule has 0 aliphatic rings. The van der Waals surface area contributed by atoms with Gasteiger partial charge in [0.25, 0.3) is 0 Å². The molecule has 2 aromatic heterocycles. The largest absolute Gasteiger partial charge is 0.497 e. The van der Waals surface area contributed by atoms with Gasteiger partial charge in [-0.25, -0.2) is 14.6 Å². The lowest BCUT2D eigenvalue weighted by molar-refractivity contribution is 0.415. The highest BCUT2D eigenvalue weighted by molar-refractivity contribution is 5.98. The number of hydrogen-bond acceptors (Lipinski definition) is 5. The first-order chi connectivity index (χ1) is 10.1. The van der Waals surface area contributed by atoms with Crippen LogP contribution in [0.4, 0.5) is 5.82 Å². The molecule has 2 N–H and O–H groups in total. The average molecular weight is 320 g/mol. The molecular formula is C15H18ClN5O. The van der Waals surface area contributed by atoms with Gasteiger partial charge < -0.3 is 10.5 Å². The van der Waals surface area contributed by atoms with Crippen LogP contribution >= 0.6 is 12.4 Å². The Hall–Kier alpha value is -2.34. The number of ether oxygens (including phenoxy) is 1. The number of methoxy groups -OCH3 is 1. The molecule has 0 radical (unpaired) electrons. The third kappa shape index (κ3) is 2.57. The molecule has 3 rings (SSSR count). The van der Waals surface area contributed by atoms with E-state index in [9.17, 15) is 0 Å². The number of halogens is 1. The summed E-state index contributed by atoms with van der Waals surface area (Å²) in [5.74, 6) is 1.24. The van der Waals surface area contributed by atoms with Gasteiger partial charge in [-0.2, -0.15) is 5.10 Å². The minimum absolute atomic E-state index is 0. The van der Waals surface area contributed by atoms with Crippen LogP contribution < -0.4 is 10.5 Å². The summed E-state index contributed by atoms with van der Waals surface area (Å²) < 4.78 is 7.05. The molecule has 0 aliphatic carbocycles. The molecule has 0 unspecified atom stereocenters. The fourth-order valence-electron chi connectivity index (χ4n) is 2.31. The molecule has 3 aromatic rings. The molecule has 116 valence electrons. The van der Waals surface area contributed by atoms with Crippen LogP contribution in [0.15, 0.2) is 30.6 Å². The Kier molecular flexibility index (Phi) is 4.51. The smallest absolute Gasteiger partial charge is 0.164 e. The molecule has 6 nitrogen and oxygen atoms in total. The van der Waals surface area contributed by atoms with E-state index in [2.05, 4.69) is 28.9 Å². The highest BCUT2D eigenvalue weighted by atomic mass is 35.5. The molecule has 0 saturated carbocycles. The van der Waals surface area contributed by atoms with Gasteiger partial charge in [0.2, 0.25) is 0 Å². The van der Waals surface area contributed by atoms with E-state index in [1.807, 2.05) is 28.9 Å². The second-order valence-corrected chi connectivity index (χ2v) is 5.07. The SMILES string of the molecule is COc1ccc(-c2nn(C(C)C)c3ncnc(N)c23)cc1.Cl. The van der Waals surface area contributed by atoms with Crippen molar-refractivity contribution in [3.8, 4) is 17.0 Å². The zero-order valence-corrected chi connectivity index (χ0v) is 13.5. The Morgan fingerprint density at radius 3 is 2.41 bits per heavy atom. The van der Waals surface area contributed by atoms with Crippen LogP contribution in [0.1, 0.15) is 19.9 Å². The van der Waals surface area contributed by atoms with Crippen molar-refractivity contribution in [3.05, 3.63) is 30.6 Å². The van der Waals surface area contributed by atoms with Crippen LogP contribution in [0.5, 0.6) is 5.75 Å². The van der Waals surface area contributed by atoms with Crippen LogP contribution in [-0.4, -0.2) is 26.9 Å². The first-order valence-corrected chi connectivity index (χ1v) is 6.75. The quantitative estimate of drug-likeness (QED) is 0.802. The Balaban J connectivity index is 0.00000176. The van der Waals surface area contributed by atoms with Crippen LogP contribution in [-0.2, 0) is 0 Å². The third-order valence-electron chi connectivity index (χ3n) is 3.37. The molecular weight excluding hydrogens is 302 g/mol. The number of benzene rings is 1. The van der Waals surface area contributed by atoms with Crippen LogP contribution in [0.25, 0.3) is 22.3 Å². The molecule has 0 bridgehead atoms.